The highest BCUT2D eigenvalue weighted by atomic mass is 19.4. The number of benzene rings is 2. The zero-order chi connectivity index (χ0) is 19.1. The molecule has 0 saturated heterocycles. The van der Waals surface area contributed by atoms with Crippen molar-refractivity contribution in [3.63, 3.8) is 0 Å². The van der Waals surface area contributed by atoms with E-state index in [0.29, 0.717) is 22.2 Å². The van der Waals surface area contributed by atoms with Gasteiger partial charge in [0.05, 0.1) is 22.6 Å². The molecule has 136 valence electrons. The fraction of sp³-hybridized carbons (Fsp3) is 0.222. The zero-order valence-electron chi connectivity index (χ0n) is 14.0. The predicted molar refractivity (Wildman–Crippen MR) is 90.9 cm³/mol. The molecule has 5 nitrogen and oxygen atoms in total. The van der Waals surface area contributed by atoms with Crippen molar-refractivity contribution in [2.75, 3.05) is 0 Å². The van der Waals surface area contributed by atoms with E-state index in [-0.39, 0.29) is 11.6 Å². The summed E-state index contributed by atoms with van der Waals surface area (Å²) < 4.78 is 39.3. The first-order valence-corrected chi connectivity index (χ1v) is 7.83. The molecule has 0 saturated carbocycles. The van der Waals surface area contributed by atoms with Crippen LogP contribution in [-0.4, -0.2) is 15.5 Å². The molecular weight excluding hydrogens is 347 g/mol. The van der Waals surface area contributed by atoms with Gasteiger partial charge in [-0.05, 0) is 42.8 Å². The minimum atomic E-state index is -4.40. The Morgan fingerprint density at radius 3 is 2.42 bits per heavy atom. The van der Waals surface area contributed by atoms with Crippen molar-refractivity contribution in [2.45, 2.75) is 19.1 Å². The average Bonchev–Trinajstić information content (AvgIpc) is 2.88. The lowest BCUT2D eigenvalue weighted by Crippen LogP contribution is -2.26. The molecule has 0 aliphatic carbocycles. The Bertz CT molecular complexity index is 1020. The van der Waals surface area contributed by atoms with Gasteiger partial charge >= 0.3 is 11.9 Å². The van der Waals surface area contributed by atoms with Crippen LogP contribution < -0.4 is 11.0 Å². The molecule has 2 N–H and O–H groups in total. The minimum Gasteiger partial charge on any atom is -0.346 e. The molecule has 0 aliphatic rings. The van der Waals surface area contributed by atoms with Gasteiger partial charge in [-0.2, -0.15) is 13.2 Å². The van der Waals surface area contributed by atoms with Crippen LogP contribution in [0.2, 0.25) is 0 Å². The number of H-pyrrole nitrogens is 1. The lowest BCUT2D eigenvalue weighted by atomic mass is 10.1. The normalized spacial score (nSPS) is 13.0. The maximum atomic E-state index is 12.6. The van der Waals surface area contributed by atoms with Crippen LogP contribution in [0.3, 0.4) is 0 Å². The highest BCUT2D eigenvalue weighted by Crippen LogP contribution is 2.29. The molecule has 8 heteroatoms. The molecule has 0 aliphatic heterocycles. The summed E-state index contributed by atoms with van der Waals surface area (Å²) >= 11 is 0. The van der Waals surface area contributed by atoms with Crippen molar-refractivity contribution in [3.8, 4) is 0 Å². The number of rotatable bonds is 3. The first-order valence-electron chi connectivity index (χ1n) is 7.83. The number of hydrogen-bond donors (Lipinski definition) is 2. The van der Waals surface area contributed by atoms with Crippen molar-refractivity contribution < 1.29 is 18.0 Å². The van der Waals surface area contributed by atoms with E-state index in [0.717, 1.165) is 12.1 Å². The molecule has 1 aromatic heterocycles. The Balaban J connectivity index is 1.77. The van der Waals surface area contributed by atoms with Crippen LogP contribution in [0.15, 0.2) is 47.3 Å². The van der Waals surface area contributed by atoms with Crippen molar-refractivity contribution in [1.82, 2.24) is 14.9 Å². The summed E-state index contributed by atoms with van der Waals surface area (Å²) in [4.78, 5) is 26.7. The molecule has 0 fully saturated rings. The number of alkyl halides is 3. The second-order valence-corrected chi connectivity index (χ2v) is 6.04. The molecule has 1 amide bonds. The van der Waals surface area contributed by atoms with Crippen LogP contribution in [0.25, 0.3) is 11.0 Å². The first kappa shape index (κ1) is 17.8. The number of carbonyl (C=O) groups excluding carboxylic acids is 1. The van der Waals surface area contributed by atoms with Gasteiger partial charge in [0.15, 0.2) is 0 Å². The van der Waals surface area contributed by atoms with Crippen LogP contribution in [0.1, 0.15) is 34.5 Å². The third-order valence-corrected chi connectivity index (χ3v) is 4.25. The maximum absolute atomic E-state index is 12.6. The summed E-state index contributed by atoms with van der Waals surface area (Å²) in [7, 11) is 1.62. The Morgan fingerprint density at radius 2 is 1.81 bits per heavy atom. The highest BCUT2D eigenvalue weighted by molar-refractivity contribution is 5.97. The van der Waals surface area contributed by atoms with E-state index in [2.05, 4.69) is 10.3 Å². The van der Waals surface area contributed by atoms with E-state index in [4.69, 9.17) is 0 Å². The molecule has 3 rings (SSSR count). The first-order chi connectivity index (χ1) is 12.2. The molecule has 0 spiro atoms. The van der Waals surface area contributed by atoms with Gasteiger partial charge in [0.2, 0.25) is 0 Å². The molecule has 1 atom stereocenters. The van der Waals surface area contributed by atoms with Gasteiger partial charge in [0.25, 0.3) is 5.91 Å². The van der Waals surface area contributed by atoms with Gasteiger partial charge in [0, 0.05) is 12.6 Å². The number of amides is 1. The van der Waals surface area contributed by atoms with Crippen LogP contribution in [0.4, 0.5) is 13.2 Å². The number of halogens is 3. The van der Waals surface area contributed by atoms with Crippen LogP contribution in [-0.2, 0) is 13.2 Å². The van der Waals surface area contributed by atoms with E-state index in [1.54, 1.807) is 32.2 Å². The minimum absolute atomic E-state index is 0.282. The maximum Gasteiger partial charge on any atom is 0.416 e. The molecule has 26 heavy (non-hydrogen) atoms. The number of aromatic nitrogens is 2. The number of aryl methyl sites for hydroxylation is 1. The number of fused-ring (bicyclic) bond motifs is 1. The molecule has 3 aromatic rings. The van der Waals surface area contributed by atoms with Gasteiger partial charge in [-0.25, -0.2) is 4.79 Å². The number of imidazole rings is 1. The van der Waals surface area contributed by atoms with Gasteiger partial charge in [-0.3, -0.25) is 9.36 Å². The summed E-state index contributed by atoms with van der Waals surface area (Å²) in [6, 6.07) is 8.98. The molecular formula is C18H16F3N3O2. The van der Waals surface area contributed by atoms with Gasteiger partial charge in [-0.1, -0.05) is 12.1 Å². The number of carbonyl (C=O) groups is 1. The van der Waals surface area contributed by atoms with Crippen molar-refractivity contribution in [3.05, 3.63) is 69.6 Å². The standard InChI is InChI=1S/C18H16F3N3O2/c1-10(11-3-6-13(7-4-11)18(19,20)21)22-16(25)12-5-8-15-14(9-12)23-17(26)24(15)2/h3-10H,1-2H3,(H,22,25)(H,23,26). The number of hydrogen-bond acceptors (Lipinski definition) is 2. The van der Waals surface area contributed by atoms with Crippen LogP contribution in [0, 0.1) is 0 Å². The predicted octanol–water partition coefficient (Wildman–Crippen LogP) is 3.38. The fourth-order valence-electron chi connectivity index (χ4n) is 2.70. The lowest BCUT2D eigenvalue weighted by molar-refractivity contribution is -0.137. The van der Waals surface area contributed by atoms with Crippen LogP contribution in [0.5, 0.6) is 0 Å². The molecule has 0 radical (unpaired) electrons. The zero-order valence-corrected chi connectivity index (χ0v) is 14.0. The summed E-state index contributed by atoms with van der Waals surface area (Å²) in [6.07, 6.45) is -4.40. The monoisotopic (exact) mass is 363 g/mol. The Kier molecular flexibility index (Phi) is 4.35. The SMILES string of the molecule is CC(NC(=O)c1ccc2c(c1)[nH]c(=O)n2C)c1ccc(C(F)(F)F)cc1. The van der Waals surface area contributed by atoms with Crippen molar-refractivity contribution >= 4 is 16.9 Å². The smallest absolute Gasteiger partial charge is 0.346 e. The van der Waals surface area contributed by atoms with E-state index in [1.807, 2.05) is 0 Å². The molecule has 2 aromatic carbocycles. The molecule has 0 bridgehead atoms. The van der Waals surface area contributed by atoms with Crippen molar-refractivity contribution in [2.24, 2.45) is 7.05 Å². The van der Waals surface area contributed by atoms with Gasteiger partial charge in [-0.15, -0.1) is 0 Å². The lowest BCUT2D eigenvalue weighted by Gasteiger charge is -2.15. The molecule has 1 heterocycles. The Labute approximate surface area is 146 Å². The fourth-order valence-corrected chi connectivity index (χ4v) is 2.70. The summed E-state index contributed by atoms with van der Waals surface area (Å²) in [5.74, 6) is -0.385. The number of nitrogens with one attached hydrogen (secondary N) is 2. The van der Waals surface area contributed by atoms with E-state index < -0.39 is 17.8 Å². The number of nitrogens with zero attached hydrogens (tertiary/aromatic N) is 1. The topological polar surface area (TPSA) is 66.9 Å². The van der Waals surface area contributed by atoms with Gasteiger partial charge in [0.1, 0.15) is 0 Å². The highest BCUT2D eigenvalue weighted by Gasteiger charge is 2.30. The Hall–Kier alpha value is -3.03. The third kappa shape index (κ3) is 3.35. The summed E-state index contributed by atoms with van der Waals surface area (Å²) in [6.45, 7) is 1.68. The largest absolute Gasteiger partial charge is 0.416 e. The van der Waals surface area contributed by atoms with Crippen molar-refractivity contribution in [1.29, 1.82) is 0 Å². The summed E-state index contributed by atoms with van der Waals surface area (Å²) in [5.41, 5.74) is 1.09. The number of aromatic amines is 1. The van der Waals surface area contributed by atoms with Gasteiger partial charge < -0.3 is 10.3 Å². The average molecular weight is 363 g/mol. The van der Waals surface area contributed by atoms with E-state index >= 15 is 0 Å². The second-order valence-electron chi connectivity index (χ2n) is 6.04. The van der Waals surface area contributed by atoms with E-state index in [9.17, 15) is 22.8 Å². The Morgan fingerprint density at radius 1 is 1.15 bits per heavy atom. The van der Waals surface area contributed by atoms with Crippen LogP contribution >= 0.6 is 0 Å². The third-order valence-electron chi connectivity index (χ3n) is 4.25. The second kappa shape index (κ2) is 6.36. The quantitative estimate of drug-likeness (QED) is 0.749. The van der Waals surface area contributed by atoms with E-state index in [1.165, 1.54) is 16.7 Å². The summed E-state index contributed by atoms with van der Waals surface area (Å²) in [5, 5.41) is 2.74. The molecule has 1 unspecified atom stereocenters.